The van der Waals surface area contributed by atoms with E-state index in [4.69, 9.17) is 9.47 Å². The number of carbonyl (C=O) groups is 2. The van der Waals surface area contributed by atoms with E-state index < -0.39 is 39.8 Å². The van der Waals surface area contributed by atoms with Gasteiger partial charge in [-0.25, -0.2) is 8.42 Å². The monoisotopic (exact) mass is 472 g/mol. The first-order valence-corrected chi connectivity index (χ1v) is 10.4. The van der Waals surface area contributed by atoms with Gasteiger partial charge in [-0.2, -0.15) is 0 Å². The van der Waals surface area contributed by atoms with Crippen LogP contribution in [0.25, 0.3) is 6.08 Å². The smallest absolute Gasteiger partial charge is 0.747 e. The summed E-state index contributed by atoms with van der Waals surface area (Å²) in [5.41, 5.74) is 0.504. The van der Waals surface area contributed by atoms with Gasteiger partial charge in [-0.15, -0.1) is 0 Å². The number of carbonyl (C=O) groups excluding carboxylic acids is 2. The second-order valence-corrected chi connectivity index (χ2v) is 8.12. The minimum absolute atomic E-state index is 0. The zero-order valence-corrected chi connectivity index (χ0v) is 20.6. The normalized spacial score (nSPS) is 12.1. The third-order valence-electron chi connectivity index (χ3n) is 4.37. The van der Waals surface area contributed by atoms with Crippen LogP contribution in [0.1, 0.15) is 29.2 Å². The minimum atomic E-state index is -4.93. The Labute approximate surface area is 207 Å². The van der Waals surface area contributed by atoms with Crippen LogP contribution in [0, 0.1) is 0 Å². The summed E-state index contributed by atoms with van der Waals surface area (Å²) in [6.45, 7) is 0. The fraction of sp³-hybridized carbons (Fsp3) is 0.238. The number of rotatable bonds is 10. The molecule has 0 fully saturated rings. The van der Waals surface area contributed by atoms with E-state index in [0.717, 1.165) is 18.2 Å². The predicted octanol–water partition coefficient (Wildman–Crippen LogP) is -0.663. The second kappa shape index (κ2) is 12.0. The Hall–Kier alpha value is -2.37. The van der Waals surface area contributed by atoms with E-state index in [2.05, 4.69) is 0 Å². The number of allylic oxidation sites excluding steroid dienone is 1. The van der Waals surface area contributed by atoms with Crippen LogP contribution in [-0.4, -0.2) is 49.0 Å². The van der Waals surface area contributed by atoms with E-state index in [9.17, 15) is 32.8 Å². The van der Waals surface area contributed by atoms with Crippen molar-refractivity contribution in [1.29, 1.82) is 0 Å². The molecule has 11 heteroatoms. The molecule has 2 aromatic rings. The fourth-order valence-electron chi connectivity index (χ4n) is 2.80. The van der Waals surface area contributed by atoms with Crippen LogP contribution in [0.4, 0.5) is 0 Å². The molecule has 0 saturated heterocycles. The summed E-state index contributed by atoms with van der Waals surface area (Å²) in [5, 5.41) is 17.5. The zero-order valence-electron chi connectivity index (χ0n) is 17.8. The summed E-state index contributed by atoms with van der Waals surface area (Å²) < 4.78 is 44.9. The van der Waals surface area contributed by atoms with Gasteiger partial charge < -0.3 is 24.2 Å². The SMILES string of the molecule is COc1cc(C=CC(=O)CC(=O)CC(c2ccc(O)c(OC)c2)S(=O)(=O)[O-])ccc1O.[Na+]. The first-order chi connectivity index (χ1) is 14.5. The molecule has 2 aromatic carbocycles. The Morgan fingerprint density at radius 2 is 1.59 bits per heavy atom. The third kappa shape index (κ3) is 7.64. The average molecular weight is 472 g/mol. The Morgan fingerprint density at radius 3 is 2.16 bits per heavy atom. The number of hydrogen-bond donors (Lipinski definition) is 2. The maximum absolute atomic E-state index is 12.3. The predicted molar refractivity (Wildman–Crippen MR) is 110 cm³/mol. The van der Waals surface area contributed by atoms with Crippen molar-refractivity contribution in [1.82, 2.24) is 0 Å². The fourth-order valence-corrected chi connectivity index (χ4v) is 3.67. The molecular weight excluding hydrogens is 451 g/mol. The van der Waals surface area contributed by atoms with Crippen LogP contribution in [0.3, 0.4) is 0 Å². The van der Waals surface area contributed by atoms with Crippen LogP contribution in [0.5, 0.6) is 23.0 Å². The number of phenolic OH excluding ortho intramolecular Hbond substituents is 2. The van der Waals surface area contributed by atoms with Crippen molar-refractivity contribution in [2.45, 2.75) is 18.1 Å². The summed E-state index contributed by atoms with van der Waals surface area (Å²) in [4.78, 5) is 24.4. The van der Waals surface area contributed by atoms with Crippen LogP contribution < -0.4 is 39.0 Å². The van der Waals surface area contributed by atoms with Gasteiger partial charge in [-0.05, 0) is 41.5 Å². The largest absolute Gasteiger partial charge is 1.00 e. The van der Waals surface area contributed by atoms with Crippen molar-refractivity contribution in [3.63, 3.8) is 0 Å². The third-order valence-corrected chi connectivity index (χ3v) is 5.51. The van der Waals surface area contributed by atoms with Gasteiger partial charge in [0, 0.05) is 6.42 Å². The quantitative estimate of drug-likeness (QED) is 0.199. The Balaban J connectivity index is 0.00000512. The molecule has 0 aliphatic rings. The summed E-state index contributed by atoms with van der Waals surface area (Å²) in [6, 6.07) is 7.90. The van der Waals surface area contributed by atoms with Crippen molar-refractivity contribution >= 4 is 27.8 Å². The van der Waals surface area contributed by atoms with Crippen molar-refractivity contribution in [2.75, 3.05) is 14.2 Å². The van der Waals surface area contributed by atoms with Crippen LogP contribution in [0.15, 0.2) is 42.5 Å². The molecule has 0 radical (unpaired) electrons. The second-order valence-electron chi connectivity index (χ2n) is 6.56. The van der Waals surface area contributed by atoms with Gasteiger partial charge in [0.25, 0.3) is 0 Å². The first kappa shape index (κ1) is 27.7. The molecule has 0 saturated carbocycles. The van der Waals surface area contributed by atoms with Gasteiger partial charge in [-0.3, -0.25) is 9.59 Å². The molecule has 0 heterocycles. The number of aromatic hydroxyl groups is 2. The van der Waals surface area contributed by atoms with E-state index in [1.165, 1.54) is 44.6 Å². The van der Waals surface area contributed by atoms with Crippen molar-refractivity contribution in [3.05, 3.63) is 53.6 Å². The molecule has 0 spiro atoms. The first-order valence-electron chi connectivity index (χ1n) is 8.96. The Bertz CT molecular complexity index is 1110. The summed E-state index contributed by atoms with van der Waals surface area (Å²) in [5.74, 6) is -1.51. The van der Waals surface area contributed by atoms with E-state index >= 15 is 0 Å². The molecule has 9 nitrogen and oxygen atoms in total. The molecule has 2 rings (SSSR count). The molecule has 1 unspecified atom stereocenters. The molecule has 0 aliphatic heterocycles. The van der Waals surface area contributed by atoms with E-state index in [-0.39, 0.29) is 58.1 Å². The number of phenols is 2. The number of methoxy groups -OCH3 is 2. The number of ketones is 2. The van der Waals surface area contributed by atoms with Gasteiger partial charge in [0.1, 0.15) is 15.9 Å². The standard InChI is InChI=1S/C21H22O9S.Na/c1-29-19-9-13(4-7-17(19)24)3-6-15(22)11-16(23)12-21(31(26,27)28)14-5-8-18(25)20(10-14)30-2;/h3-10,21,24-25H,11-12H2,1-2H3,(H,26,27,28);/q;+1/p-1. The van der Waals surface area contributed by atoms with Gasteiger partial charge in [0.05, 0.1) is 25.9 Å². The Morgan fingerprint density at radius 1 is 1.03 bits per heavy atom. The molecule has 0 aliphatic carbocycles. The van der Waals surface area contributed by atoms with E-state index in [0.29, 0.717) is 5.56 Å². The Kier molecular flexibility index (Phi) is 10.4. The topological polar surface area (TPSA) is 150 Å². The van der Waals surface area contributed by atoms with E-state index in [1.807, 2.05) is 0 Å². The number of hydrogen-bond acceptors (Lipinski definition) is 9. The van der Waals surface area contributed by atoms with Crippen molar-refractivity contribution in [3.8, 4) is 23.0 Å². The molecule has 2 N–H and O–H groups in total. The molecule has 0 amide bonds. The van der Waals surface area contributed by atoms with Crippen LogP contribution in [-0.2, 0) is 19.7 Å². The molecule has 166 valence electrons. The minimum Gasteiger partial charge on any atom is -0.747 e. The van der Waals surface area contributed by atoms with Gasteiger partial charge >= 0.3 is 29.6 Å². The zero-order chi connectivity index (χ0) is 23.2. The molecular formula is C21H21NaO9S. The average Bonchev–Trinajstić information content (AvgIpc) is 2.71. The maximum atomic E-state index is 12.3. The van der Waals surface area contributed by atoms with Crippen LogP contribution >= 0.6 is 0 Å². The molecule has 0 bridgehead atoms. The summed E-state index contributed by atoms with van der Waals surface area (Å²) >= 11 is 0. The number of benzene rings is 2. The molecule has 0 aromatic heterocycles. The number of ether oxygens (including phenoxy) is 2. The van der Waals surface area contributed by atoms with Gasteiger partial charge in [0.2, 0.25) is 0 Å². The van der Waals surface area contributed by atoms with Gasteiger partial charge in [-0.1, -0.05) is 18.2 Å². The van der Waals surface area contributed by atoms with Crippen molar-refractivity contribution in [2.24, 2.45) is 0 Å². The van der Waals surface area contributed by atoms with Gasteiger partial charge in [0.15, 0.2) is 28.8 Å². The maximum Gasteiger partial charge on any atom is 1.00 e. The molecule has 1 atom stereocenters. The van der Waals surface area contributed by atoms with E-state index in [1.54, 1.807) is 0 Å². The molecule has 32 heavy (non-hydrogen) atoms. The summed E-state index contributed by atoms with van der Waals surface area (Å²) in [7, 11) is -2.31. The number of Topliss-reactive ketones (excluding diaryl/α,β-unsaturated/α-hetero) is 1. The van der Waals surface area contributed by atoms with Crippen LogP contribution in [0.2, 0.25) is 0 Å². The van der Waals surface area contributed by atoms with Crippen molar-refractivity contribution < 1.29 is 71.8 Å². The summed E-state index contributed by atoms with van der Waals surface area (Å²) in [6.07, 6.45) is 1.23.